The minimum absolute atomic E-state index is 0.0206. The second kappa shape index (κ2) is 6.05. The van der Waals surface area contributed by atoms with Gasteiger partial charge in [0.25, 0.3) is 0 Å². The second-order valence-corrected chi connectivity index (χ2v) is 5.35. The Kier molecular flexibility index (Phi) is 3.96. The van der Waals surface area contributed by atoms with E-state index >= 15 is 0 Å². The van der Waals surface area contributed by atoms with Crippen molar-refractivity contribution in [2.45, 2.75) is 32.0 Å². The highest BCUT2D eigenvalue weighted by Gasteiger charge is 2.20. The van der Waals surface area contributed by atoms with Crippen LogP contribution < -0.4 is 10.2 Å². The molecule has 1 fully saturated rings. The molecule has 0 aliphatic heterocycles. The molecular formula is C15H19N5O. The van der Waals surface area contributed by atoms with Crippen molar-refractivity contribution in [1.29, 1.82) is 0 Å². The number of nitrogens with one attached hydrogen (secondary N) is 1. The molecule has 1 heterocycles. The number of amides is 1. The van der Waals surface area contributed by atoms with E-state index in [9.17, 15) is 4.79 Å². The molecule has 1 N–H and O–H groups in total. The maximum absolute atomic E-state index is 12.2. The van der Waals surface area contributed by atoms with Crippen molar-refractivity contribution < 1.29 is 4.79 Å². The highest BCUT2D eigenvalue weighted by atomic mass is 16.2. The fourth-order valence-corrected chi connectivity index (χ4v) is 2.07. The standard InChI is InChI=1S/C15H19N5O/c1-19(14-5-3-2-4-6-14)15(21)11-20-10-13(17-18-20)9-16-12-7-8-12/h2-6,10,12,16H,7-9,11H2,1H3. The van der Waals surface area contributed by atoms with Gasteiger partial charge < -0.3 is 10.2 Å². The average Bonchev–Trinajstić information content (AvgIpc) is 3.25. The van der Waals surface area contributed by atoms with Crippen LogP contribution in [0.5, 0.6) is 0 Å². The van der Waals surface area contributed by atoms with Crippen LogP contribution in [0.1, 0.15) is 18.5 Å². The summed E-state index contributed by atoms with van der Waals surface area (Å²) in [5, 5.41) is 11.5. The first-order valence-corrected chi connectivity index (χ1v) is 7.16. The number of benzene rings is 1. The fourth-order valence-electron chi connectivity index (χ4n) is 2.07. The number of carbonyl (C=O) groups is 1. The average molecular weight is 285 g/mol. The van der Waals surface area contributed by atoms with E-state index in [2.05, 4.69) is 15.6 Å². The predicted octanol–water partition coefficient (Wildman–Crippen LogP) is 1.19. The van der Waals surface area contributed by atoms with E-state index in [1.165, 1.54) is 12.8 Å². The number of aromatic nitrogens is 3. The predicted molar refractivity (Wildman–Crippen MR) is 79.7 cm³/mol. The van der Waals surface area contributed by atoms with Crippen LogP contribution in [0.2, 0.25) is 0 Å². The third kappa shape index (κ3) is 3.66. The molecule has 3 rings (SSSR count). The number of anilines is 1. The highest BCUT2D eigenvalue weighted by molar-refractivity contribution is 5.92. The Morgan fingerprint density at radius 3 is 2.86 bits per heavy atom. The monoisotopic (exact) mass is 285 g/mol. The third-order valence-electron chi connectivity index (χ3n) is 3.55. The molecule has 0 saturated heterocycles. The zero-order valence-corrected chi connectivity index (χ0v) is 12.1. The molecule has 1 saturated carbocycles. The zero-order valence-electron chi connectivity index (χ0n) is 12.1. The number of rotatable bonds is 6. The van der Waals surface area contributed by atoms with Crippen LogP contribution in [0.15, 0.2) is 36.5 Å². The number of hydrogen-bond acceptors (Lipinski definition) is 4. The van der Waals surface area contributed by atoms with Crippen molar-refractivity contribution in [3.8, 4) is 0 Å². The number of likely N-dealkylation sites (N-methyl/N-ethyl adjacent to an activating group) is 1. The van der Waals surface area contributed by atoms with Crippen LogP contribution in [0.25, 0.3) is 0 Å². The lowest BCUT2D eigenvalue weighted by Gasteiger charge is -2.16. The minimum Gasteiger partial charge on any atom is -0.314 e. The SMILES string of the molecule is CN(C(=O)Cn1cc(CNC2CC2)nn1)c1ccccc1. The normalized spacial score (nSPS) is 14.1. The van der Waals surface area contributed by atoms with Gasteiger partial charge in [0.05, 0.1) is 11.9 Å². The summed E-state index contributed by atoms with van der Waals surface area (Å²) in [4.78, 5) is 13.8. The summed E-state index contributed by atoms with van der Waals surface area (Å²) < 4.78 is 1.59. The summed E-state index contributed by atoms with van der Waals surface area (Å²) in [5.41, 5.74) is 1.75. The Morgan fingerprint density at radius 1 is 1.38 bits per heavy atom. The second-order valence-electron chi connectivity index (χ2n) is 5.35. The molecule has 1 aromatic carbocycles. The molecule has 6 nitrogen and oxygen atoms in total. The summed E-state index contributed by atoms with van der Waals surface area (Å²) in [7, 11) is 1.77. The summed E-state index contributed by atoms with van der Waals surface area (Å²) >= 11 is 0. The first kappa shape index (κ1) is 13.8. The molecule has 0 spiro atoms. The van der Waals surface area contributed by atoms with Gasteiger partial charge in [-0.05, 0) is 25.0 Å². The molecule has 110 valence electrons. The van der Waals surface area contributed by atoms with E-state index in [1.807, 2.05) is 36.5 Å². The van der Waals surface area contributed by atoms with Crippen LogP contribution in [0, 0.1) is 0 Å². The number of nitrogens with zero attached hydrogens (tertiary/aromatic N) is 4. The van der Waals surface area contributed by atoms with Gasteiger partial charge >= 0.3 is 0 Å². The fraction of sp³-hybridized carbons (Fsp3) is 0.400. The van der Waals surface area contributed by atoms with E-state index in [-0.39, 0.29) is 12.5 Å². The Bertz CT molecular complexity index is 606. The summed E-state index contributed by atoms with van der Waals surface area (Å²) in [5.74, 6) is -0.0206. The topological polar surface area (TPSA) is 63.1 Å². The van der Waals surface area contributed by atoms with Crippen LogP contribution >= 0.6 is 0 Å². The van der Waals surface area contributed by atoms with Crippen molar-refractivity contribution in [2.24, 2.45) is 0 Å². The van der Waals surface area contributed by atoms with Gasteiger partial charge in [-0.3, -0.25) is 4.79 Å². The van der Waals surface area contributed by atoms with Gasteiger partial charge in [0, 0.05) is 25.3 Å². The largest absolute Gasteiger partial charge is 0.314 e. The molecule has 1 aliphatic carbocycles. The van der Waals surface area contributed by atoms with Crippen molar-refractivity contribution >= 4 is 11.6 Å². The Balaban J connectivity index is 1.56. The van der Waals surface area contributed by atoms with Gasteiger partial charge in [0.15, 0.2) is 0 Å². The van der Waals surface area contributed by atoms with Crippen molar-refractivity contribution in [3.63, 3.8) is 0 Å². The Hall–Kier alpha value is -2.21. The molecule has 6 heteroatoms. The molecule has 2 aromatic rings. The van der Waals surface area contributed by atoms with Gasteiger partial charge in [0.2, 0.25) is 5.91 Å². The van der Waals surface area contributed by atoms with Crippen molar-refractivity contribution in [3.05, 3.63) is 42.2 Å². The molecule has 21 heavy (non-hydrogen) atoms. The minimum atomic E-state index is -0.0206. The van der Waals surface area contributed by atoms with E-state index < -0.39 is 0 Å². The number of para-hydroxylation sites is 1. The van der Waals surface area contributed by atoms with Crippen LogP contribution in [-0.4, -0.2) is 34.0 Å². The molecule has 0 bridgehead atoms. The third-order valence-corrected chi connectivity index (χ3v) is 3.55. The maximum atomic E-state index is 12.2. The molecule has 0 radical (unpaired) electrons. The van der Waals surface area contributed by atoms with E-state index in [0.29, 0.717) is 12.6 Å². The lowest BCUT2D eigenvalue weighted by Crippen LogP contribution is -2.30. The van der Waals surface area contributed by atoms with Gasteiger partial charge in [-0.2, -0.15) is 0 Å². The highest BCUT2D eigenvalue weighted by Crippen LogP contribution is 2.18. The lowest BCUT2D eigenvalue weighted by atomic mass is 10.3. The first-order valence-electron chi connectivity index (χ1n) is 7.16. The lowest BCUT2D eigenvalue weighted by molar-refractivity contribution is -0.119. The van der Waals surface area contributed by atoms with Crippen LogP contribution in [-0.2, 0) is 17.9 Å². The molecule has 0 unspecified atom stereocenters. The van der Waals surface area contributed by atoms with Gasteiger partial charge in [-0.15, -0.1) is 5.10 Å². The van der Waals surface area contributed by atoms with Crippen LogP contribution in [0.4, 0.5) is 5.69 Å². The zero-order chi connectivity index (χ0) is 14.7. The molecule has 1 aliphatic rings. The number of carbonyl (C=O) groups excluding carboxylic acids is 1. The Labute approximate surface area is 123 Å². The smallest absolute Gasteiger partial charge is 0.248 e. The quantitative estimate of drug-likeness (QED) is 0.866. The molecule has 0 atom stereocenters. The van der Waals surface area contributed by atoms with E-state index in [0.717, 1.165) is 11.4 Å². The van der Waals surface area contributed by atoms with Crippen molar-refractivity contribution in [2.75, 3.05) is 11.9 Å². The van der Waals surface area contributed by atoms with E-state index in [1.54, 1.807) is 16.6 Å². The summed E-state index contributed by atoms with van der Waals surface area (Å²) in [6.07, 6.45) is 4.31. The Morgan fingerprint density at radius 2 is 2.14 bits per heavy atom. The molecular weight excluding hydrogens is 266 g/mol. The van der Waals surface area contributed by atoms with Gasteiger partial charge in [-0.1, -0.05) is 23.4 Å². The molecule has 1 aromatic heterocycles. The number of hydrogen-bond donors (Lipinski definition) is 1. The van der Waals surface area contributed by atoms with Crippen LogP contribution in [0.3, 0.4) is 0 Å². The summed E-state index contributed by atoms with van der Waals surface area (Å²) in [6.45, 7) is 0.912. The van der Waals surface area contributed by atoms with Gasteiger partial charge in [0.1, 0.15) is 6.54 Å². The van der Waals surface area contributed by atoms with Gasteiger partial charge in [-0.25, -0.2) is 4.68 Å². The molecule has 1 amide bonds. The maximum Gasteiger partial charge on any atom is 0.248 e. The van der Waals surface area contributed by atoms with E-state index in [4.69, 9.17) is 0 Å². The van der Waals surface area contributed by atoms with Crippen molar-refractivity contribution in [1.82, 2.24) is 20.3 Å². The first-order chi connectivity index (χ1) is 10.2. The summed E-state index contributed by atoms with van der Waals surface area (Å²) in [6, 6.07) is 10.2.